The van der Waals surface area contributed by atoms with E-state index in [1.165, 1.54) is 89.9 Å². The van der Waals surface area contributed by atoms with Crippen LogP contribution in [-0.2, 0) is 13.3 Å². The zero-order valence-corrected chi connectivity index (χ0v) is 19.7. The minimum atomic E-state index is -2.45. The lowest BCUT2D eigenvalue weighted by atomic mass is 10.0. The van der Waals surface area contributed by atoms with E-state index in [1.54, 1.807) is 14.2 Å². The van der Waals surface area contributed by atoms with Gasteiger partial charge in [-0.15, -0.1) is 0 Å². The van der Waals surface area contributed by atoms with Gasteiger partial charge in [-0.05, 0) is 19.4 Å². The summed E-state index contributed by atoms with van der Waals surface area (Å²) in [7, 11) is 0.935. The summed E-state index contributed by atoms with van der Waals surface area (Å²) in [5, 5.41) is 0. The van der Waals surface area contributed by atoms with Gasteiger partial charge in [0.1, 0.15) is 0 Å². The lowest BCUT2D eigenvalue weighted by molar-refractivity contribution is 0.0959. The predicted molar refractivity (Wildman–Crippen MR) is 119 cm³/mol. The van der Waals surface area contributed by atoms with E-state index in [9.17, 15) is 0 Å². The first-order valence-corrected chi connectivity index (χ1v) is 13.6. The molecule has 0 heterocycles. The molecule has 27 heavy (non-hydrogen) atoms. The number of nitrogens with two attached hydrogens (primary N) is 1. The number of hydrogen-bond acceptors (Lipinski definition) is 4. The van der Waals surface area contributed by atoms with E-state index in [4.69, 9.17) is 19.0 Å². The van der Waals surface area contributed by atoms with Gasteiger partial charge in [-0.2, -0.15) is 0 Å². The van der Waals surface area contributed by atoms with Gasteiger partial charge in [0.05, 0.1) is 0 Å². The summed E-state index contributed by atoms with van der Waals surface area (Å²) in [6.45, 7) is 3.69. The minimum absolute atomic E-state index is 0.657. The lowest BCUT2D eigenvalue weighted by Crippen LogP contribution is -2.44. The molecule has 0 unspecified atom stereocenters. The summed E-state index contributed by atoms with van der Waals surface area (Å²) >= 11 is 0. The molecule has 0 fully saturated rings. The van der Waals surface area contributed by atoms with Crippen molar-refractivity contribution in [1.82, 2.24) is 0 Å². The van der Waals surface area contributed by atoms with Crippen LogP contribution in [-0.4, -0.2) is 36.2 Å². The van der Waals surface area contributed by atoms with Crippen molar-refractivity contribution in [1.29, 1.82) is 0 Å². The normalized spacial score (nSPS) is 12.0. The summed E-state index contributed by atoms with van der Waals surface area (Å²) < 4.78 is 17.1. The molecule has 0 radical (unpaired) electrons. The van der Waals surface area contributed by atoms with Gasteiger partial charge in [-0.1, -0.05) is 96.8 Å². The molecule has 4 nitrogen and oxygen atoms in total. The highest BCUT2D eigenvalue weighted by atomic mass is 28.4. The van der Waals surface area contributed by atoms with Crippen LogP contribution in [0.2, 0.25) is 6.04 Å². The SMILES string of the molecule is CCCCCCCCCCCCCCCCCO[Si](CCCN)(OC)OC. The van der Waals surface area contributed by atoms with Crippen LogP contribution in [0.5, 0.6) is 0 Å². The fraction of sp³-hybridized carbons (Fsp3) is 1.00. The van der Waals surface area contributed by atoms with Crippen molar-refractivity contribution in [2.24, 2.45) is 5.73 Å². The predicted octanol–water partition coefficient (Wildman–Crippen LogP) is 6.45. The van der Waals surface area contributed by atoms with Crippen LogP contribution in [0.4, 0.5) is 0 Å². The maximum atomic E-state index is 5.98. The molecular weight excluding hydrogens is 354 g/mol. The first-order valence-electron chi connectivity index (χ1n) is 11.7. The first-order chi connectivity index (χ1) is 13.2. The van der Waals surface area contributed by atoms with Gasteiger partial charge in [-0.3, -0.25) is 0 Å². The first kappa shape index (κ1) is 27.1. The zero-order valence-electron chi connectivity index (χ0n) is 18.7. The van der Waals surface area contributed by atoms with E-state index in [0.29, 0.717) is 6.54 Å². The topological polar surface area (TPSA) is 53.7 Å². The molecule has 0 aromatic heterocycles. The maximum Gasteiger partial charge on any atom is 0.500 e. The van der Waals surface area contributed by atoms with Crippen LogP contribution in [0.1, 0.15) is 110 Å². The van der Waals surface area contributed by atoms with E-state index in [1.807, 2.05) is 0 Å². The molecule has 0 saturated heterocycles. The highest BCUT2D eigenvalue weighted by Crippen LogP contribution is 2.17. The highest BCUT2D eigenvalue weighted by molar-refractivity contribution is 6.60. The summed E-state index contributed by atoms with van der Waals surface area (Å²) in [6.07, 6.45) is 21.6. The van der Waals surface area contributed by atoms with Gasteiger partial charge in [0.15, 0.2) is 0 Å². The Kier molecular flexibility index (Phi) is 20.8. The third kappa shape index (κ3) is 16.7. The van der Waals surface area contributed by atoms with Crippen molar-refractivity contribution in [2.45, 2.75) is 116 Å². The summed E-state index contributed by atoms with van der Waals surface area (Å²) in [5.74, 6) is 0. The lowest BCUT2D eigenvalue weighted by Gasteiger charge is -2.26. The Morgan fingerprint density at radius 1 is 0.593 bits per heavy atom. The van der Waals surface area contributed by atoms with Crippen LogP contribution in [0.15, 0.2) is 0 Å². The standard InChI is InChI=1S/C22H49NO3Si/c1-4-5-6-7-8-9-10-11-12-13-14-15-16-17-18-21-26-27(24-2,25-3)22-19-20-23/h4-23H2,1-3H3. The van der Waals surface area contributed by atoms with Crippen molar-refractivity contribution < 1.29 is 13.3 Å². The van der Waals surface area contributed by atoms with Gasteiger partial charge < -0.3 is 19.0 Å². The van der Waals surface area contributed by atoms with Gasteiger partial charge in [-0.25, -0.2) is 0 Å². The van der Waals surface area contributed by atoms with Crippen molar-refractivity contribution in [3.8, 4) is 0 Å². The Labute approximate surface area is 171 Å². The minimum Gasteiger partial charge on any atom is -0.377 e. The second-order valence-electron chi connectivity index (χ2n) is 7.78. The molecule has 0 aliphatic rings. The summed E-state index contributed by atoms with van der Waals surface area (Å²) in [6, 6.07) is 0.815. The highest BCUT2D eigenvalue weighted by Gasteiger charge is 2.37. The third-order valence-electron chi connectivity index (χ3n) is 5.38. The van der Waals surface area contributed by atoms with Crippen LogP contribution in [0, 0.1) is 0 Å². The molecule has 2 N–H and O–H groups in total. The molecule has 0 aliphatic carbocycles. The van der Waals surface area contributed by atoms with Crippen LogP contribution in [0.25, 0.3) is 0 Å². The number of hydrogen-bond donors (Lipinski definition) is 1. The molecule has 5 heteroatoms. The Morgan fingerprint density at radius 3 is 1.37 bits per heavy atom. The van der Waals surface area contributed by atoms with Gasteiger partial charge in [0.25, 0.3) is 0 Å². The average molecular weight is 404 g/mol. The molecule has 0 spiro atoms. The van der Waals surface area contributed by atoms with Crippen molar-refractivity contribution in [3.05, 3.63) is 0 Å². The number of unbranched alkanes of at least 4 members (excludes halogenated alkanes) is 14. The van der Waals surface area contributed by atoms with Gasteiger partial charge >= 0.3 is 8.80 Å². The van der Waals surface area contributed by atoms with Crippen LogP contribution >= 0.6 is 0 Å². The molecule has 0 amide bonds. The second-order valence-corrected chi connectivity index (χ2v) is 10.8. The molecule has 0 saturated carbocycles. The summed E-state index contributed by atoms with van der Waals surface area (Å²) in [4.78, 5) is 0. The van der Waals surface area contributed by atoms with Gasteiger partial charge in [0, 0.05) is 26.9 Å². The smallest absolute Gasteiger partial charge is 0.377 e. The van der Waals surface area contributed by atoms with Gasteiger partial charge in [0.2, 0.25) is 0 Å². The average Bonchev–Trinajstić information content (AvgIpc) is 2.70. The molecule has 0 aromatic carbocycles. The van der Waals surface area contributed by atoms with Crippen molar-refractivity contribution in [2.75, 3.05) is 27.4 Å². The largest absolute Gasteiger partial charge is 0.500 e. The Bertz CT molecular complexity index is 289. The Balaban J connectivity index is 3.35. The maximum absolute atomic E-state index is 5.98. The van der Waals surface area contributed by atoms with Crippen LogP contribution < -0.4 is 5.73 Å². The Morgan fingerprint density at radius 2 is 1.00 bits per heavy atom. The third-order valence-corrected chi connectivity index (χ3v) is 8.23. The quantitative estimate of drug-likeness (QED) is 0.166. The van der Waals surface area contributed by atoms with E-state index < -0.39 is 8.80 Å². The van der Waals surface area contributed by atoms with Crippen molar-refractivity contribution >= 4 is 8.80 Å². The fourth-order valence-electron chi connectivity index (χ4n) is 3.50. The van der Waals surface area contributed by atoms with E-state index in [0.717, 1.165) is 25.5 Å². The summed E-state index contributed by atoms with van der Waals surface area (Å²) in [5.41, 5.74) is 5.59. The molecule has 0 atom stereocenters. The Hall–Kier alpha value is 0.0569. The molecule has 164 valence electrons. The molecule has 0 aromatic rings. The second kappa shape index (κ2) is 20.8. The zero-order chi connectivity index (χ0) is 20.1. The molecule has 0 aliphatic heterocycles. The molecule has 0 bridgehead atoms. The fourth-order valence-corrected chi connectivity index (χ4v) is 5.54. The van der Waals surface area contributed by atoms with E-state index >= 15 is 0 Å². The molecular formula is C22H49NO3Si. The van der Waals surface area contributed by atoms with Crippen molar-refractivity contribution in [3.63, 3.8) is 0 Å². The molecule has 0 rings (SSSR count). The van der Waals surface area contributed by atoms with Crippen LogP contribution in [0.3, 0.4) is 0 Å². The monoisotopic (exact) mass is 403 g/mol. The van der Waals surface area contributed by atoms with E-state index in [-0.39, 0.29) is 0 Å². The van der Waals surface area contributed by atoms with E-state index in [2.05, 4.69) is 6.92 Å². The number of rotatable bonds is 22.